The summed E-state index contributed by atoms with van der Waals surface area (Å²) in [7, 11) is 0. The lowest BCUT2D eigenvalue weighted by Gasteiger charge is -2.34. The van der Waals surface area contributed by atoms with E-state index in [1.807, 2.05) is 20.8 Å². The van der Waals surface area contributed by atoms with E-state index in [-0.39, 0.29) is 6.09 Å². The average Bonchev–Trinajstić information content (AvgIpc) is 2.94. The molecule has 0 radical (unpaired) electrons. The Morgan fingerprint density at radius 3 is 2.62 bits per heavy atom. The molecule has 1 aromatic rings. The van der Waals surface area contributed by atoms with Crippen LogP contribution in [-0.2, 0) is 17.6 Å². The summed E-state index contributed by atoms with van der Waals surface area (Å²) < 4.78 is 5.44. The number of carbonyl (C=O) groups is 1. The first-order valence-corrected chi connectivity index (χ1v) is 8.99. The van der Waals surface area contributed by atoms with Crippen molar-refractivity contribution in [3.63, 3.8) is 0 Å². The molecule has 0 atom stereocenters. The Morgan fingerprint density at radius 1 is 1.25 bits per heavy atom. The zero-order valence-electron chi connectivity index (χ0n) is 14.6. The molecule has 0 bridgehead atoms. The van der Waals surface area contributed by atoms with Crippen molar-refractivity contribution in [1.29, 1.82) is 0 Å². The van der Waals surface area contributed by atoms with E-state index in [9.17, 15) is 4.79 Å². The van der Waals surface area contributed by atoms with Gasteiger partial charge in [-0.3, -0.25) is 0 Å². The molecule has 1 saturated heterocycles. The Hall–Kier alpha value is -1.56. The molecule has 1 aromatic heterocycles. The van der Waals surface area contributed by atoms with Crippen LogP contribution in [0.15, 0.2) is 0 Å². The molecule has 1 amide bonds. The van der Waals surface area contributed by atoms with Crippen LogP contribution >= 0.6 is 11.6 Å². The molecule has 1 aliphatic carbocycles. The lowest BCUT2D eigenvalue weighted by atomic mass is 10.0. The van der Waals surface area contributed by atoms with Gasteiger partial charge in [-0.25, -0.2) is 14.8 Å². The second kappa shape index (κ2) is 6.75. The second-order valence-corrected chi connectivity index (χ2v) is 7.84. The third kappa shape index (κ3) is 4.09. The molecular weight excluding hydrogens is 328 g/mol. The van der Waals surface area contributed by atoms with Crippen molar-refractivity contribution < 1.29 is 9.53 Å². The molecule has 3 rings (SSSR count). The van der Waals surface area contributed by atoms with Crippen molar-refractivity contribution in [3.05, 3.63) is 16.5 Å². The Morgan fingerprint density at radius 2 is 1.96 bits per heavy atom. The SMILES string of the molecule is CC(C)(C)OC(=O)N1CCC(Nc2nc(Cl)nc3c2CCC3)CC1. The van der Waals surface area contributed by atoms with Crippen LogP contribution in [0.4, 0.5) is 10.6 Å². The van der Waals surface area contributed by atoms with E-state index in [1.54, 1.807) is 4.90 Å². The number of amides is 1. The van der Waals surface area contributed by atoms with Gasteiger partial charge in [-0.15, -0.1) is 0 Å². The first-order chi connectivity index (χ1) is 11.3. The van der Waals surface area contributed by atoms with E-state index in [0.29, 0.717) is 24.4 Å². The smallest absolute Gasteiger partial charge is 0.410 e. The largest absolute Gasteiger partial charge is 0.444 e. The maximum Gasteiger partial charge on any atom is 0.410 e. The van der Waals surface area contributed by atoms with E-state index in [4.69, 9.17) is 16.3 Å². The Labute approximate surface area is 147 Å². The van der Waals surface area contributed by atoms with E-state index in [0.717, 1.165) is 43.6 Å². The van der Waals surface area contributed by atoms with Gasteiger partial charge in [-0.2, -0.15) is 0 Å². The highest BCUT2D eigenvalue weighted by Crippen LogP contribution is 2.29. The van der Waals surface area contributed by atoms with Gasteiger partial charge in [0.05, 0.1) is 5.69 Å². The fourth-order valence-corrected chi connectivity index (χ4v) is 3.43. The predicted octanol–water partition coefficient (Wildman–Crippen LogP) is 3.43. The summed E-state index contributed by atoms with van der Waals surface area (Å²) in [4.78, 5) is 22.6. The summed E-state index contributed by atoms with van der Waals surface area (Å²) in [6.07, 6.45) is 4.60. The number of hydrogen-bond donors (Lipinski definition) is 1. The van der Waals surface area contributed by atoms with Gasteiger partial charge in [0, 0.05) is 24.7 Å². The first-order valence-electron chi connectivity index (χ1n) is 8.61. The molecule has 6 nitrogen and oxygen atoms in total. The summed E-state index contributed by atoms with van der Waals surface area (Å²) in [5.74, 6) is 0.873. The zero-order valence-corrected chi connectivity index (χ0v) is 15.3. The van der Waals surface area contributed by atoms with Crippen LogP contribution in [0.5, 0.6) is 0 Å². The number of nitrogens with zero attached hydrogens (tertiary/aromatic N) is 3. The quantitative estimate of drug-likeness (QED) is 0.826. The van der Waals surface area contributed by atoms with Gasteiger partial charge in [-0.1, -0.05) is 0 Å². The number of carbonyl (C=O) groups excluding carboxylic acids is 1. The maximum atomic E-state index is 12.1. The second-order valence-electron chi connectivity index (χ2n) is 7.51. The van der Waals surface area contributed by atoms with Crippen molar-refractivity contribution >= 4 is 23.5 Å². The minimum atomic E-state index is -0.454. The van der Waals surface area contributed by atoms with Crippen molar-refractivity contribution in [3.8, 4) is 0 Å². The van der Waals surface area contributed by atoms with Gasteiger partial charge in [-0.05, 0) is 64.5 Å². The lowest BCUT2D eigenvalue weighted by molar-refractivity contribution is 0.0210. The highest BCUT2D eigenvalue weighted by atomic mass is 35.5. The van der Waals surface area contributed by atoms with Crippen molar-refractivity contribution in [2.75, 3.05) is 18.4 Å². The topological polar surface area (TPSA) is 67.3 Å². The molecule has 1 aliphatic heterocycles. The van der Waals surface area contributed by atoms with Crippen LogP contribution < -0.4 is 5.32 Å². The molecule has 0 aromatic carbocycles. The minimum absolute atomic E-state index is 0.230. The van der Waals surface area contributed by atoms with E-state index < -0.39 is 5.60 Å². The van der Waals surface area contributed by atoms with Gasteiger partial charge in [0.25, 0.3) is 0 Å². The first kappa shape index (κ1) is 17.3. The molecule has 7 heteroatoms. The molecule has 24 heavy (non-hydrogen) atoms. The lowest BCUT2D eigenvalue weighted by Crippen LogP contribution is -2.44. The number of nitrogens with one attached hydrogen (secondary N) is 1. The standard InChI is InChI=1S/C17H25ClN4O2/c1-17(2,3)24-16(23)22-9-7-11(8-10-22)19-14-12-5-4-6-13(12)20-15(18)21-14/h11H,4-10H2,1-3H3,(H,19,20,21). The van der Waals surface area contributed by atoms with Crippen LogP contribution in [-0.4, -0.2) is 45.7 Å². The molecular formula is C17H25ClN4O2. The van der Waals surface area contributed by atoms with Gasteiger partial charge in [0.2, 0.25) is 5.28 Å². The maximum absolute atomic E-state index is 12.1. The van der Waals surface area contributed by atoms with Gasteiger partial charge in [0.15, 0.2) is 0 Å². The summed E-state index contributed by atoms with van der Waals surface area (Å²) in [6, 6.07) is 0.291. The Kier molecular flexibility index (Phi) is 4.85. The molecule has 0 saturated carbocycles. The van der Waals surface area contributed by atoms with Gasteiger partial charge in [0.1, 0.15) is 11.4 Å². The summed E-state index contributed by atoms with van der Waals surface area (Å²) in [5, 5.41) is 3.83. The highest BCUT2D eigenvalue weighted by molar-refractivity contribution is 6.28. The molecule has 2 heterocycles. The Bertz CT molecular complexity index is 622. The van der Waals surface area contributed by atoms with Crippen LogP contribution in [0.1, 0.15) is 51.3 Å². The number of ether oxygens (including phenoxy) is 1. The van der Waals surface area contributed by atoms with Gasteiger partial charge >= 0.3 is 6.09 Å². The van der Waals surface area contributed by atoms with Crippen LogP contribution in [0, 0.1) is 0 Å². The third-order valence-corrected chi connectivity index (χ3v) is 4.56. The number of aromatic nitrogens is 2. The van der Waals surface area contributed by atoms with Crippen LogP contribution in [0.3, 0.4) is 0 Å². The fourth-order valence-electron chi connectivity index (χ4n) is 3.25. The molecule has 0 unspecified atom stereocenters. The number of likely N-dealkylation sites (tertiary alicyclic amines) is 1. The summed E-state index contributed by atoms with van der Waals surface area (Å²) in [6.45, 7) is 7.04. The van der Waals surface area contributed by atoms with E-state index >= 15 is 0 Å². The van der Waals surface area contributed by atoms with E-state index in [1.165, 1.54) is 5.56 Å². The number of rotatable bonds is 2. The van der Waals surface area contributed by atoms with E-state index in [2.05, 4.69) is 15.3 Å². The van der Waals surface area contributed by atoms with Crippen LogP contribution in [0.2, 0.25) is 5.28 Å². The van der Waals surface area contributed by atoms with Gasteiger partial charge < -0.3 is 15.0 Å². The minimum Gasteiger partial charge on any atom is -0.444 e. The fraction of sp³-hybridized carbons (Fsp3) is 0.706. The Balaban J connectivity index is 1.58. The monoisotopic (exact) mass is 352 g/mol. The number of hydrogen-bond acceptors (Lipinski definition) is 5. The average molecular weight is 353 g/mol. The zero-order chi connectivity index (χ0) is 17.3. The number of fused-ring (bicyclic) bond motifs is 1. The number of aryl methyl sites for hydroxylation is 1. The van der Waals surface area contributed by atoms with Crippen molar-refractivity contribution in [2.45, 2.75) is 64.5 Å². The highest BCUT2D eigenvalue weighted by Gasteiger charge is 2.28. The summed E-state index contributed by atoms with van der Waals surface area (Å²) in [5.41, 5.74) is 1.82. The normalized spacial score (nSPS) is 18.4. The summed E-state index contributed by atoms with van der Waals surface area (Å²) >= 11 is 6.04. The number of halogens is 1. The third-order valence-electron chi connectivity index (χ3n) is 4.39. The molecule has 1 fully saturated rings. The predicted molar refractivity (Wildman–Crippen MR) is 93.5 cm³/mol. The van der Waals surface area contributed by atoms with Crippen LogP contribution in [0.25, 0.3) is 0 Å². The molecule has 1 N–H and O–H groups in total. The molecule has 0 spiro atoms. The molecule has 2 aliphatic rings. The molecule has 132 valence electrons. The number of piperidine rings is 1. The van der Waals surface area contributed by atoms with Crippen molar-refractivity contribution in [1.82, 2.24) is 14.9 Å². The number of anilines is 1. The van der Waals surface area contributed by atoms with Crippen molar-refractivity contribution in [2.24, 2.45) is 0 Å².